The molecule has 0 bridgehead atoms. The van der Waals surface area contributed by atoms with Crippen molar-refractivity contribution in [2.24, 2.45) is 33.9 Å². The van der Waals surface area contributed by atoms with E-state index in [-0.39, 0.29) is 47.2 Å². The molecule has 13 nitrogen and oxygen atoms in total. The van der Waals surface area contributed by atoms with Crippen molar-refractivity contribution in [3.63, 3.8) is 0 Å². The first-order chi connectivity index (χ1) is 30.3. The number of nitrogens with zero attached hydrogens (tertiary/aromatic N) is 5. The van der Waals surface area contributed by atoms with Crippen molar-refractivity contribution in [3.8, 4) is 17.2 Å². The van der Waals surface area contributed by atoms with Gasteiger partial charge in [-0.25, -0.2) is 4.39 Å². The number of amides is 4. The monoisotopic (exact) mass is 868 g/mol. The van der Waals surface area contributed by atoms with Gasteiger partial charge in [0.25, 0.3) is 11.8 Å². The molecule has 0 spiro atoms. The third kappa shape index (κ3) is 6.76. The summed E-state index contributed by atoms with van der Waals surface area (Å²) in [6.07, 6.45) is 2.02. The van der Waals surface area contributed by atoms with E-state index in [0.29, 0.717) is 33.2 Å². The summed E-state index contributed by atoms with van der Waals surface area (Å²) >= 11 is 6.42. The number of halogens is 2. The number of methoxy groups -OCH3 is 2. The number of ether oxygens (including phenoxy) is 2. The number of benzene rings is 5. The molecule has 4 amide bonds. The number of aromatic hydroxyl groups is 1. The average Bonchev–Trinajstić information content (AvgIpc) is 3.67. The number of imide groups is 2. The number of hydrogen-bond donors (Lipinski definition) is 2. The number of hydrazine groups is 1. The van der Waals surface area contributed by atoms with Crippen LogP contribution in [0.15, 0.2) is 131 Å². The number of anilines is 3. The topological polar surface area (TPSA) is 153 Å². The van der Waals surface area contributed by atoms with Crippen LogP contribution in [-0.2, 0) is 24.6 Å². The number of carbonyl (C=O) groups is 4. The van der Waals surface area contributed by atoms with E-state index in [2.05, 4.69) is 15.7 Å². The molecule has 0 radical (unpaired) electrons. The molecule has 2 saturated heterocycles. The highest BCUT2D eigenvalue weighted by Crippen LogP contribution is 2.66. The van der Waals surface area contributed by atoms with E-state index in [0.717, 1.165) is 10.7 Å². The normalized spacial score (nSPS) is 24.0. The van der Waals surface area contributed by atoms with Crippen molar-refractivity contribution in [3.05, 3.63) is 143 Å². The number of fused-ring (bicyclic) bond motifs is 4. The Morgan fingerprint density at radius 3 is 2.08 bits per heavy atom. The standard InChI is InChI=1S/C48H42ClFN6O7/c1-54(2)32-17-13-29(14-18-32)51-52-30-15-19-33(20-16-30)55-44(58)36-22-21-35-37(41(36)46(55)60)25-38-45(59)56(53-31-11-9-28(50)10-12-31)47(61)48(38,26-5-7-27(49)8-6-26)43(35)42-39(57)23-34(62-3)24-40(42)63-4/h5-21,23-24,36-38,41,43,53,57H,22,25H2,1-4H3/t36-,37+,38-,41-,43+,48+/m0/s1. The second-order valence-corrected chi connectivity index (χ2v) is 16.7. The van der Waals surface area contributed by atoms with Crippen LogP contribution in [0.1, 0.15) is 29.9 Å². The Bertz CT molecular complexity index is 2710. The van der Waals surface area contributed by atoms with Crippen LogP contribution in [0.25, 0.3) is 0 Å². The highest BCUT2D eigenvalue weighted by Gasteiger charge is 2.71. The molecule has 320 valence electrons. The molecule has 4 aliphatic rings. The second-order valence-electron chi connectivity index (χ2n) is 16.3. The predicted molar refractivity (Wildman–Crippen MR) is 234 cm³/mol. The fourth-order valence-electron chi connectivity index (χ4n) is 9.99. The molecule has 6 atom stereocenters. The number of azo groups is 1. The van der Waals surface area contributed by atoms with Gasteiger partial charge in [-0.15, -0.1) is 0 Å². The van der Waals surface area contributed by atoms with E-state index in [1.54, 1.807) is 54.6 Å². The summed E-state index contributed by atoms with van der Waals surface area (Å²) in [5, 5.41) is 22.0. The smallest absolute Gasteiger partial charge is 0.260 e. The van der Waals surface area contributed by atoms with Crippen LogP contribution in [-0.4, -0.2) is 62.1 Å². The van der Waals surface area contributed by atoms with Gasteiger partial charge in [0.15, 0.2) is 0 Å². The molecular weight excluding hydrogens is 827 g/mol. The maximum absolute atomic E-state index is 15.5. The molecule has 0 unspecified atom stereocenters. The second kappa shape index (κ2) is 16.0. The number of nitrogens with one attached hydrogen (secondary N) is 1. The fraction of sp³-hybridized carbons (Fsp3) is 0.250. The summed E-state index contributed by atoms with van der Waals surface area (Å²) in [5.74, 6) is -7.08. The molecule has 3 fully saturated rings. The van der Waals surface area contributed by atoms with Crippen molar-refractivity contribution in [1.82, 2.24) is 5.01 Å². The molecule has 9 rings (SSSR count). The van der Waals surface area contributed by atoms with Crippen molar-refractivity contribution < 1.29 is 38.1 Å². The number of phenols is 1. The summed E-state index contributed by atoms with van der Waals surface area (Å²) in [6.45, 7) is 0. The van der Waals surface area contributed by atoms with Gasteiger partial charge in [0.1, 0.15) is 23.1 Å². The zero-order valence-electron chi connectivity index (χ0n) is 34.7. The molecule has 2 aliphatic heterocycles. The highest BCUT2D eigenvalue weighted by molar-refractivity contribution is 6.30. The van der Waals surface area contributed by atoms with E-state index in [1.165, 1.54) is 49.5 Å². The van der Waals surface area contributed by atoms with Gasteiger partial charge < -0.3 is 19.5 Å². The van der Waals surface area contributed by atoms with Gasteiger partial charge in [0.2, 0.25) is 11.8 Å². The summed E-state index contributed by atoms with van der Waals surface area (Å²) < 4.78 is 25.4. The number of rotatable bonds is 10. The van der Waals surface area contributed by atoms with E-state index >= 15 is 9.59 Å². The van der Waals surface area contributed by atoms with E-state index in [9.17, 15) is 19.1 Å². The Morgan fingerprint density at radius 1 is 0.810 bits per heavy atom. The minimum atomic E-state index is -1.74. The Balaban J connectivity index is 1.14. The minimum Gasteiger partial charge on any atom is -0.507 e. The fourth-order valence-corrected chi connectivity index (χ4v) is 10.1. The van der Waals surface area contributed by atoms with Crippen LogP contribution in [0.4, 0.5) is 32.8 Å². The lowest BCUT2D eigenvalue weighted by molar-refractivity contribution is -0.138. The van der Waals surface area contributed by atoms with Crippen molar-refractivity contribution in [2.45, 2.75) is 24.2 Å². The zero-order chi connectivity index (χ0) is 44.3. The number of allylic oxidation sites excluding steroid dienone is 2. The van der Waals surface area contributed by atoms with Crippen LogP contribution in [0.2, 0.25) is 5.02 Å². The summed E-state index contributed by atoms with van der Waals surface area (Å²) in [4.78, 5) is 63.0. The van der Waals surface area contributed by atoms with Crippen LogP contribution < -0.4 is 24.7 Å². The molecule has 2 heterocycles. The number of hydrogen-bond acceptors (Lipinski definition) is 11. The Hall–Kier alpha value is -7.06. The van der Waals surface area contributed by atoms with Crippen molar-refractivity contribution in [2.75, 3.05) is 43.5 Å². The lowest BCUT2D eigenvalue weighted by Crippen LogP contribution is -2.53. The van der Waals surface area contributed by atoms with Crippen molar-refractivity contribution >= 4 is 63.7 Å². The Kier molecular flexibility index (Phi) is 10.5. The Labute approximate surface area is 367 Å². The molecular formula is C48H42ClFN6O7. The first-order valence-electron chi connectivity index (χ1n) is 20.3. The molecule has 5 aromatic carbocycles. The molecule has 63 heavy (non-hydrogen) atoms. The largest absolute Gasteiger partial charge is 0.507 e. The van der Waals surface area contributed by atoms with Crippen LogP contribution >= 0.6 is 11.6 Å². The first-order valence-corrected chi connectivity index (χ1v) is 20.7. The molecule has 5 aromatic rings. The summed E-state index contributed by atoms with van der Waals surface area (Å²) in [6, 6.07) is 29.1. The molecule has 15 heteroatoms. The van der Waals surface area contributed by atoms with Gasteiger partial charge in [-0.1, -0.05) is 35.4 Å². The molecule has 1 saturated carbocycles. The zero-order valence-corrected chi connectivity index (χ0v) is 35.4. The molecule has 2 aliphatic carbocycles. The van der Waals surface area contributed by atoms with Gasteiger partial charge in [0, 0.05) is 48.4 Å². The first kappa shape index (κ1) is 41.3. The minimum absolute atomic E-state index is 0.000760. The van der Waals surface area contributed by atoms with E-state index in [1.807, 2.05) is 49.3 Å². The lowest BCUT2D eigenvalue weighted by atomic mass is 9.49. The van der Waals surface area contributed by atoms with Gasteiger partial charge in [-0.3, -0.25) is 29.5 Å². The molecule has 2 N–H and O–H groups in total. The SMILES string of the molecule is COc1cc(O)c([C@H]2C3=CC[C@@H]4C(=O)N(c5ccc(N=Nc6ccc(N(C)C)cc6)cc5)C(=O)[C@@H]4[C@@H]3C[C@H]3C(=O)N(Nc4ccc(F)cc4)C(=O)[C@@]23c2ccc(Cl)cc2)c(OC)c1. The van der Waals surface area contributed by atoms with Crippen molar-refractivity contribution in [1.29, 1.82) is 0 Å². The third-order valence-corrected chi connectivity index (χ3v) is 13.1. The van der Waals surface area contributed by atoms with E-state index in [4.69, 9.17) is 21.1 Å². The van der Waals surface area contributed by atoms with Crippen LogP contribution in [0.3, 0.4) is 0 Å². The highest BCUT2D eigenvalue weighted by atomic mass is 35.5. The summed E-state index contributed by atoms with van der Waals surface area (Å²) in [5.41, 5.74) is 5.24. The predicted octanol–water partition coefficient (Wildman–Crippen LogP) is 8.87. The molecule has 0 aromatic heterocycles. The number of phenolic OH excluding ortho intramolecular Hbond substituents is 1. The maximum Gasteiger partial charge on any atom is 0.260 e. The average molecular weight is 869 g/mol. The van der Waals surface area contributed by atoms with E-state index < -0.39 is 58.5 Å². The van der Waals surface area contributed by atoms with Gasteiger partial charge in [0.05, 0.1) is 60.1 Å². The van der Waals surface area contributed by atoms with Crippen LogP contribution in [0.5, 0.6) is 17.2 Å². The summed E-state index contributed by atoms with van der Waals surface area (Å²) in [7, 11) is 6.76. The van der Waals surface area contributed by atoms with Gasteiger partial charge in [-0.05, 0) is 109 Å². The number of carbonyl (C=O) groups excluding carboxylic acids is 4. The maximum atomic E-state index is 15.5. The Morgan fingerprint density at radius 2 is 1.46 bits per heavy atom. The third-order valence-electron chi connectivity index (χ3n) is 12.8. The van der Waals surface area contributed by atoms with Gasteiger partial charge >= 0.3 is 0 Å². The lowest BCUT2D eigenvalue weighted by Gasteiger charge is -2.50. The van der Waals surface area contributed by atoms with Gasteiger partial charge in [-0.2, -0.15) is 15.2 Å². The quantitative estimate of drug-likeness (QED) is 0.0796. The van der Waals surface area contributed by atoms with Crippen LogP contribution in [0, 0.1) is 29.5 Å².